The fourth-order valence-corrected chi connectivity index (χ4v) is 7.42. The molecular weight excluding hydrogens is 505 g/mol. The van der Waals surface area contributed by atoms with Gasteiger partial charge in [-0.25, -0.2) is 9.18 Å². The number of ether oxygens (including phenoxy) is 2. The molecule has 2 aromatic rings. The molecule has 4 nitrogen and oxygen atoms in total. The van der Waals surface area contributed by atoms with Gasteiger partial charge in [0.15, 0.2) is 5.00 Å². The normalized spacial score (nSPS) is 22.1. The van der Waals surface area contributed by atoms with Gasteiger partial charge in [-0.2, -0.15) is 0 Å². The highest BCUT2D eigenvalue weighted by Gasteiger charge is 2.42. The summed E-state index contributed by atoms with van der Waals surface area (Å²) in [7, 11) is -0.769. The van der Waals surface area contributed by atoms with E-state index >= 15 is 4.39 Å². The van der Waals surface area contributed by atoms with Crippen LogP contribution < -0.4 is 9.64 Å². The molecule has 1 aliphatic rings. The van der Waals surface area contributed by atoms with Crippen LogP contribution in [-0.2, 0) is 9.53 Å². The summed E-state index contributed by atoms with van der Waals surface area (Å²) in [5.41, 5.74) is 1.47. The Kier molecular flexibility index (Phi) is 9.92. The molecule has 0 saturated carbocycles. The third kappa shape index (κ3) is 7.20. The van der Waals surface area contributed by atoms with Gasteiger partial charge in [0.2, 0.25) is 0 Å². The van der Waals surface area contributed by atoms with Gasteiger partial charge < -0.3 is 14.4 Å². The molecule has 0 aliphatic carbocycles. The molecule has 0 spiro atoms. The molecule has 3 atom stereocenters. The van der Waals surface area contributed by atoms with E-state index in [0.29, 0.717) is 12.3 Å². The molecule has 7 heteroatoms. The van der Waals surface area contributed by atoms with Crippen molar-refractivity contribution in [1.82, 2.24) is 0 Å². The van der Waals surface area contributed by atoms with Crippen molar-refractivity contribution in [2.24, 2.45) is 5.92 Å². The number of alkyl halides is 1. The molecule has 0 aromatic heterocycles. The second-order valence-electron chi connectivity index (χ2n) is 10.3. The van der Waals surface area contributed by atoms with E-state index in [0.717, 1.165) is 40.4 Å². The van der Waals surface area contributed by atoms with Crippen LogP contribution in [0.1, 0.15) is 60.8 Å². The minimum Gasteiger partial charge on any atom is -0.464 e. The van der Waals surface area contributed by atoms with Gasteiger partial charge in [-0.05, 0) is 71.6 Å². The Balaban J connectivity index is 2.12. The molecule has 0 amide bonds. The predicted octanol–water partition coefficient (Wildman–Crippen LogP) is 8.74. The lowest BCUT2D eigenvalue weighted by Crippen LogP contribution is -2.35. The maximum Gasteiger partial charge on any atom is 0.334 e. The third-order valence-electron chi connectivity index (χ3n) is 6.35. The topological polar surface area (TPSA) is 38.8 Å². The first-order valence-electron chi connectivity index (χ1n) is 12.8. The zero-order chi connectivity index (χ0) is 27.2. The molecule has 3 unspecified atom stereocenters. The first kappa shape index (κ1) is 29.3. The Morgan fingerprint density at radius 2 is 1.97 bits per heavy atom. The summed E-state index contributed by atoms with van der Waals surface area (Å²) in [4.78, 5) is 16.2. The molecule has 3 rings (SSSR count). The van der Waals surface area contributed by atoms with E-state index in [9.17, 15) is 4.79 Å². The van der Waals surface area contributed by atoms with Crippen molar-refractivity contribution < 1.29 is 18.7 Å². The molecule has 1 aliphatic heterocycles. The van der Waals surface area contributed by atoms with Crippen molar-refractivity contribution in [3.63, 3.8) is 0 Å². The van der Waals surface area contributed by atoms with Crippen LogP contribution >= 0.6 is 22.2 Å². The number of nitrogens with zero attached hydrogens (tertiary/aromatic N) is 1. The number of hydrogen-bond acceptors (Lipinski definition) is 5. The van der Waals surface area contributed by atoms with Crippen molar-refractivity contribution in [3.05, 3.63) is 54.8 Å². The highest BCUT2D eigenvalue weighted by atomic mass is 32.2. The summed E-state index contributed by atoms with van der Waals surface area (Å²) in [6.07, 6.45) is 7.48. The molecule has 0 fully saturated rings. The number of benzene rings is 2. The van der Waals surface area contributed by atoms with Gasteiger partial charge in [0.05, 0.1) is 22.9 Å². The quantitative estimate of drug-likeness (QED) is 0.109. The van der Waals surface area contributed by atoms with Crippen LogP contribution in [0.2, 0.25) is 0 Å². The first-order chi connectivity index (χ1) is 17.5. The van der Waals surface area contributed by atoms with Crippen molar-refractivity contribution in [2.45, 2.75) is 81.2 Å². The molecule has 0 saturated heterocycles. The van der Waals surface area contributed by atoms with Crippen LogP contribution in [0.5, 0.6) is 5.75 Å². The Hall–Kier alpha value is -2.25. The van der Waals surface area contributed by atoms with E-state index in [-0.39, 0.29) is 5.92 Å². The van der Waals surface area contributed by atoms with E-state index in [1.54, 1.807) is 18.7 Å². The summed E-state index contributed by atoms with van der Waals surface area (Å²) in [6, 6.07) is 14.3. The van der Waals surface area contributed by atoms with Gasteiger partial charge >= 0.3 is 5.97 Å². The monoisotopic (exact) mass is 545 g/mol. The lowest BCUT2D eigenvalue weighted by atomic mass is 9.96. The SMILES string of the molecule is C/C=S1/c2cc(O/C=C/C(=O)OC(C)(C)C)c(SC)cc2N(c2ccccc2)CC(CCCC)C1(C)F. The summed E-state index contributed by atoms with van der Waals surface area (Å²) in [6.45, 7) is 11.9. The number of hydrogen-bond donors (Lipinski definition) is 0. The van der Waals surface area contributed by atoms with E-state index < -0.39 is 27.1 Å². The number of thioether (sulfide) groups is 1. The zero-order valence-electron chi connectivity index (χ0n) is 23.0. The van der Waals surface area contributed by atoms with E-state index in [2.05, 4.69) is 30.0 Å². The minimum absolute atomic E-state index is 0.131. The number of halogens is 1. The second-order valence-corrected chi connectivity index (χ2v) is 13.5. The zero-order valence-corrected chi connectivity index (χ0v) is 24.7. The van der Waals surface area contributed by atoms with Crippen LogP contribution in [0.15, 0.2) is 64.6 Å². The van der Waals surface area contributed by atoms with Crippen LogP contribution in [0.25, 0.3) is 0 Å². The van der Waals surface area contributed by atoms with Crippen LogP contribution in [0, 0.1) is 5.92 Å². The fraction of sp³-hybridized carbons (Fsp3) is 0.467. The number of rotatable bonds is 8. The van der Waals surface area contributed by atoms with Crippen molar-refractivity contribution in [1.29, 1.82) is 0 Å². The van der Waals surface area contributed by atoms with Gasteiger partial charge in [0.25, 0.3) is 0 Å². The number of fused-ring (bicyclic) bond motifs is 1. The molecule has 0 radical (unpaired) electrons. The molecule has 0 bridgehead atoms. The van der Waals surface area contributed by atoms with E-state index in [1.165, 1.54) is 12.3 Å². The summed E-state index contributed by atoms with van der Waals surface area (Å²) in [5, 5.41) is 0.595. The summed E-state index contributed by atoms with van der Waals surface area (Å²) >= 11 is 1.56. The van der Waals surface area contributed by atoms with E-state index in [4.69, 9.17) is 9.47 Å². The molecule has 2 aromatic carbocycles. The Bertz CT molecular complexity index is 1140. The number of unbranched alkanes of at least 4 members (excludes halogenated alkanes) is 1. The number of carbonyl (C=O) groups is 1. The predicted molar refractivity (Wildman–Crippen MR) is 157 cm³/mol. The number of para-hydroxylation sites is 1. The van der Waals surface area contributed by atoms with Crippen LogP contribution in [0.4, 0.5) is 15.8 Å². The average molecular weight is 546 g/mol. The lowest BCUT2D eigenvalue weighted by Gasteiger charge is -2.33. The number of anilines is 2. The summed E-state index contributed by atoms with van der Waals surface area (Å²) < 4.78 is 28.1. The molecule has 1 heterocycles. The first-order valence-corrected chi connectivity index (χ1v) is 15.4. The van der Waals surface area contributed by atoms with Gasteiger partial charge in [-0.1, -0.05) is 43.3 Å². The van der Waals surface area contributed by atoms with Gasteiger partial charge in [-0.15, -0.1) is 22.2 Å². The highest BCUT2D eigenvalue weighted by Crippen LogP contribution is 2.56. The third-order valence-corrected chi connectivity index (χ3v) is 9.58. The maximum absolute atomic E-state index is 16.8. The summed E-state index contributed by atoms with van der Waals surface area (Å²) in [5.74, 6) is -0.00469. The Morgan fingerprint density at radius 1 is 1.27 bits per heavy atom. The van der Waals surface area contributed by atoms with Crippen molar-refractivity contribution >= 4 is 45.0 Å². The van der Waals surface area contributed by atoms with Crippen molar-refractivity contribution in [2.75, 3.05) is 17.7 Å². The van der Waals surface area contributed by atoms with Crippen molar-refractivity contribution in [3.8, 4) is 5.75 Å². The second kappa shape index (κ2) is 12.5. The average Bonchev–Trinajstić information content (AvgIpc) is 2.92. The Labute approximate surface area is 228 Å². The molecule has 0 N–H and O–H groups in total. The smallest absolute Gasteiger partial charge is 0.334 e. The fourth-order valence-electron chi connectivity index (χ4n) is 4.55. The largest absolute Gasteiger partial charge is 0.464 e. The minimum atomic E-state index is -1.41. The van der Waals surface area contributed by atoms with Gasteiger partial charge in [-0.3, -0.25) is 0 Å². The van der Waals surface area contributed by atoms with Crippen LogP contribution in [-0.4, -0.2) is 34.7 Å². The van der Waals surface area contributed by atoms with E-state index in [1.807, 2.05) is 63.6 Å². The molecule has 37 heavy (non-hydrogen) atoms. The lowest BCUT2D eigenvalue weighted by molar-refractivity contribution is -0.148. The van der Waals surface area contributed by atoms with Gasteiger partial charge in [0, 0.05) is 23.0 Å². The number of esters is 1. The Morgan fingerprint density at radius 3 is 2.57 bits per heavy atom. The van der Waals surface area contributed by atoms with Gasteiger partial charge in [0.1, 0.15) is 11.4 Å². The maximum atomic E-state index is 16.8. The standard InChI is InChI=1S/C30H40FNO3S2/c1-8-10-14-22-21-32(23-15-12-11-13-16-23)24-19-26(36-7)25(20-27(24)37(9-2)30(22,6)31)34-18-17-28(33)35-29(3,4)5/h9,11-13,15-20,22H,8,10,14,21H2,1-7H3/b18-17+. The molecular formula is C30H40FNO3S2. The number of carbonyl (C=O) groups excluding carboxylic acids is 1. The van der Waals surface area contributed by atoms with Crippen LogP contribution in [0.3, 0.4) is 0 Å². The highest BCUT2D eigenvalue weighted by molar-refractivity contribution is 8.16. The molecule has 202 valence electrons.